The molecule has 1 saturated carbocycles. The lowest BCUT2D eigenvalue weighted by Gasteiger charge is -2.27. The van der Waals surface area contributed by atoms with E-state index < -0.39 is 5.97 Å². The highest BCUT2D eigenvalue weighted by Gasteiger charge is 2.26. The molecule has 0 bridgehead atoms. The van der Waals surface area contributed by atoms with Gasteiger partial charge >= 0.3 is 12.0 Å². The van der Waals surface area contributed by atoms with Crippen molar-refractivity contribution in [2.24, 2.45) is 5.92 Å². The van der Waals surface area contributed by atoms with Gasteiger partial charge in [-0.15, -0.1) is 11.3 Å². The average Bonchev–Trinajstić information content (AvgIpc) is 2.84. The van der Waals surface area contributed by atoms with Crippen molar-refractivity contribution in [1.82, 2.24) is 10.6 Å². The van der Waals surface area contributed by atoms with Gasteiger partial charge in [0.1, 0.15) is 0 Å². The second-order valence-corrected chi connectivity index (χ2v) is 7.49. The zero-order valence-corrected chi connectivity index (χ0v) is 13.9. The van der Waals surface area contributed by atoms with Crippen LogP contribution >= 0.6 is 11.3 Å². The molecule has 122 valence electrons. The van der Waals surface area contributed by atoms with Crippen LogP contribution in [0.1, 0.15) is 42.4 Å². The minimum Gasteiger partial charge on any atom is -0.481 e. The van der Waals surface area contributed by atoms with Gasteiger partial charge in [-0.05, 0) is 51.7 Å². The molecule has 1 unspecified atom stereocenters. The number of nitrogens with one attached hydrogen (secondary N) is 2. The van der Waals surface area contributed by atoms with E-state index in [0.717, 1.165) is 19.3 Å². The van der Waals surface area contributed by atoms with Gasteiger partial charge in [-0.2, -0.15) is 0 Å². The van der Waals surface area contributed by atoms with Gasteiger partial charge in [-0.1, -0.05) is 0 Å². The van der Waals surface area contributed by atoms with Crippen LogP contribution in [0, 0.1) is 12.8 Å². The Bertz CT molecular complexity index is 521. The number of hydrogen-bond acceptors (Lipinski definition) is 3. The Morgan fingerprint density at radius 1 is 1.32 bits per heavy atom. The van der Waals surface area contributed by atoms with Gasteiger partial charge in [0, 0.05) is 28.3 Å². The zero-order valence-electron chi connectivity index (χ0n) is 13.1. The van der Waals surface area contributed by atoms with Crippen LogP contribution < -0.4 is 10.6 Å². The number of rotatable bonds is 5. The Labute approximate surface area is 135 Å². The molecule has 5 nitrogen and oxygen atoms in total. The van der Waals surface area contributed by atoms with Crippen LogP contribution in [0.4, 0.5) is 4.79 Å². The molecule has 3 N–H and O–H groups in total. The van der Waals surface area contributed by atoms with Gasteiger partial charge in [0.05, 0.1) is 5.92 Å². The maximum Gasteiger partial charge on any atom is 0.315 e. The molecule has 0 saturated heterocycles. The monoisotopic (exact) mass is 324 g/mol. The molecule has 1 aliphatic carbocycles. The molecule has 22 heavy (non-hydrogen) atoms. The van der Waals surface area contributed by atoms with Crippen molar-refractivity contribution in [3.63, 3.8) is 0 Å². The minimum absolute atomic E-state index is 0.0772. The quantitative estimate of drug-likeness (QED) is 0.779. The number of carboxylic acid groups (broad SMARTS) is 1. The second kappa shape index (κ2) is 7.63. The summed E-state index contributed by atoms with van der Waals surface area (Å²) in [6.07, 6.45) is 3.60. The fourth-order valence-electron chi connectivity index (χ4n) is 2.88. The van der Waals surface area contributed by atoms with Crippen LogP contribution in [-0.2, 0) is 11.2 Å². The number of carbonyl (C=O) groups is 2. The van der Waals surface area contributed by atoms with Gasteiger partial charge in [-0.3, -0.25) is 4.79 Å². The Morgan fingerprint density at radius 3 is 2.55 bits per heavy atom. The van der Waals surface area contributed by atoms with Crippen molar-refractivity contribution >= 4 is 23.3 Å². The molecule has 1 atom stereocenters. The smallest absolute Gasteiger partial charge is 0.315 e. The molecule has 1 aromatic heterocycles. The van der Waals surface area contributed by atoms with E-state index in [0.29, 0.717) is 12.8 Å². The van der Waals surface area contributed by atoms with Gasteiger partial charge in [0.15, 0.2) is 0 Å². The van der Waals surface area contributed by atoms with E-state index in [-0.39, 0.29) is 24.0 Å². The summed E-state index contributed by atoms with van der Waals surface area (Å²) in [6.45, 7) is 4.07. The summed E-state index contributed by atoms with van der Waals surface area (Å²) in [7, 11) is 0. The molecular weight excluding hydrogens is 300 g/mol. The predicted octanol–water partition coefficient (Wildman–Crippen LogP) is 2.93. The van der Waals surface area contributed by atoms with Crippen molar-refractivity contribution in [2.45, 2.75) is 58.0 Å². The van der Waals surface area contributed by atoms with Crippen LogP contribution in [-0.4, -0.2) is 29.2 Å². The summed E-state index contributed by atoms with van der Waals surface area (Å²) >= 11 is 1.75. The van der Waals surface area contributed by atoms with Crippen LogP contribution in [0.25, 0.3) is 0 Å². The predicted molar refractivity (Wildman–Crippen MR) is 87.3 cm³/mol. The normalized spacial score (nSPS) is 22.8. The molecule has 0 spiro atoms. The number of thiophene rings is 1. The fourth-order valence-corrected chi connectivity index (χ4v) is 3.90. The Balaban J connectivity index is 1.70. The highest BCUT2D eigenvalue weighted by Crippen LogP contribution is 2.24. The number of carbonyl (C=O) groups excluding carboxylic acids is 1. The highest BCUT2D eigenvalue weighted by atomic mass is 32.1. The standard InChI is InChI=1S/C16H24N2O3S/c1-10(9-14-8-3-11(2)22-14)17-16(21)18-13-6-4-12(5-7-13)15(19)20/h3,8,10,12-13H,4-7,9H2,1-2H3,(H,19,20)(H2,17,18,21). The topological polar surface area (TPSA) is 78.4 Å². The van der Waals surface area contributed by atoms with E-state index in [4.69, 9.17) is 5.11 Å². The average molecular weight is 324 g/mol. The summed E-state index contributed by atoms with van der Waals surface area (Å²) in [5.74, 6) is -0.968. The maximum atomic E-state index is 12.0. The Hall–Kier alpha value is -1.56. The van der Waals surface area contributed by atoms with Crippen LogP contribution in [0.5, 0.6) is 0 Å². The molecule has 1 aromatic rings. The third kappa shape index (κ3) is 5.02. The molecule has 1 aliphatic rings. The number of aliphatic carboxylic acids is 1. The molecule has 2 rings (SSSR count). The third-order valence-corrected chi connectivity index (χ3v) is 5.12. The number of amides is 2. The number of aryl methyl sites for hydroxylation is 1. The largest absolute Gasteiger partial charge is 0.481 e. The number of carboxylic acids is 1. The van der Waals surface area contributed by atoms with E-state index in [1.54, 1.807) is 11.3 Å². The molecule has 6 heteroatoms. The molecular formula is C16H24N2O3S. The SMILES string of the molecule is Cc1ccc(CC(C)NC(=O)NC2CCC(C(=O)O)CC2)s1. The summed E-state index contributed by atoms with van der Waals surface area (Å²) in [6, 6.07) is 4.21. The lowest BCUT2D eigenvalue weighted by atomic mass is 9.86. The molecule has 0 radical (unpaired) electrons. The molecule has 1 fully saturated rings. The van der Waals surface area contributed by atoms with Gasteiger partial charge in [0.25, 0.3) is 0 Å². The Morgan fingerprint density at radius 2 is 2.00 bits per heavy atom. The zero-order chi connectivity index (χ0) is 16.1. The van der Waals surface area contributed by atoms with E-state index in [1.165, 1.54) is 9.75 Å². The summed E-state index contributed by atoms with van der Waals surface area (Å²) in [4.78, 5) is 25.5. The summed E-state index contributed by atoms with van der Waals surface area (Å²) < 4.78 is 0. The van der Waals surface area contributed by atoms with Gasteiger partial charge in [0.2, 0.25) is 0 Å². The Kier molecular flexibility index (Phi) is 5.83. The van der Waals surface area contributed by atoms with Crippen LogP contribution in [0.3, 0.4) is 0 Å². The molecule has 0 aliphatic heterocycles. The van der Waals surface area contributed by atoms with E-state index >= 15 is 0 Å². The second-order valence-electron chi connectivity index (χ2n) is 6.12. The van der Waals surface area contributed by atoms with E-state index in [9.17, 15) is 9.59 Å². The lowest BCUT2D eigenvalue weighted by molar-refractivity contribution is -0.142. The van der Waals surface area contributed by atoms with Crippen LogP contribution in [0.15, 0.2) is 12.1 Å². The third-order valence-electron chi connectivity index (χ3n) is 4.09. The summed E-state index contributed by atoms with van der Waals surface area (Å²) in [5.41, 5.74) is 0. The van der Waals surface area contributed by atoms with E-state index in [1.807, 2.05) is 6.92 Å². The van der Waals surface area contributed by atoms with Crippen LogP contribution in [0.2, 0.25) is 0 Å². The molecule has 1 heterocycles. The molecule has 2 amide bonds. The van der Waals surface area contributed by atoms with Crippen molar-refractivity contribution in [2.75, 3.05) is 0 Å². The van der Waals surface area contributed by atoms with Gasteiger partial charge in [-0.25, -0.2) is 4.79 Å². The maximum absolute atomic E-state index is 12.0. The summed E-state index contributed by atoms with van der Waals surface area (Å²) in [5, 5.41) is 14.9. The highest BCUT2D eigenvalue weighted by molar-refractivity contribution is 7.11. The van der Waals surface area contributed by atoms with Gasteiger partial charge < -0.3 is 15.7 Å². The first kappa shape index (κ1) is 16.8. The first-order chi connectivity index (χ1) is 10.4. The lowest BCUT2D eigenvalue weighted by Crippen LogP contribution is -2.47. The van der Waals surface area contributed by atoms with Crippen molar-refractivity contribution in [3.05, 3.63) is 21.9 Å². The number of hydrogen-bond donors (Lipinski definition) is 3. The number of urea groups is 1. The minimum atomic E-state index is -0.720. The van der Waals surface area contributed by atoms with Crippen molar-refractivity contribution in [3.8, 4) is 0 Å². The van der Waals surface area contributed by atoms with Crippen molar-refractivity contribution < 1.29 is 14.7 Å². The van der Waals surface area contributed by atoms with Crippen molar-refractivity contribution in [1.29, 1.82) is 0 Å². The van der Waals surface area contributed by atoms with E-state index in [2.05, 4.69) is 29.7 Å². The first-order valence-corrected chi connectivity index (χ1v) is 8.61. The first-order valence-electron chi connectivity index (χ1n) is 7.79. The molecule has 0 aromatic carbocycles. The fraction of sp³-hybridized carbons (Fsp3) is 0.625.